The Morgan fingerprint density at radius 2 is 2.05 bits per heavy atom. The fraction of sp³-hybridized carbons (Fsp3) is 0.607. The van der Waals surface area contributed by atoms with Crippen molar-refractivity contribution in [3.63, 3.8) is 0 Å². The van der Waals surface area contributed by atoms with Crippen molar-refractivity contribution in [3.8, 4) is 0 Å². The van der Waals surface area contributed by atoms with E-state index in [1.807, 2.05) is 25.1 Å². The molecule has 3 unspecified atom stereocenters. The Bertz CT molecular complexity index is 1300. The number of carbonyl (C=O) groups is 1. The van der Waals surface area contributed by atoms with Crippen molar-refractivity contribution in [2.75, 3.05) is 31.5 Å². The smallest absolute Gasteiger partial charge is 0.319 e. The molecule has 1 aliphatic carbocycles. The highest BCUT2D eigenvalue weighted by atomic mass is 16.3. The number of nitrogens with one attached hydrogen (secondary N) is 3. The molecule has 4 aliphatic rings. The molecule has 0 radical (unpaired) electrons. The van der Waals surface area contributed by atoms with Crippen molar-refractivity contribution in [2.45, 2.75) is 82.1 Å². The van der Waals surface area contributed by atoms with E-state index >= 15 is 0 Å². The van der Waals surface area contributed by atoms with Gasteiger partial charge in [-0.3, -0.25) is 19.9 Å². The monoisotopic (exact) mass is 505 g/mol. The van der Waals surface area contributed by atoms with Gasteiger partial charge in [-0.25, -0.2) is 4.79 Å². The van der Waals surface area contributed by atoms with E-state index in [1.165, 1.54) is 18.5 Å². The topological polar surface area (TPSA) is 107 Å². The average molecular weight is 506 g/mol. The van der Waals surface area contributed by atoms with Gasteiger partial charge >= 0.3 is 6.03 Å². The van der Waals surface area contributed by atoms with Crippen LogP contribution in [0.3, 0.4) is 0 Å². The molecule has 1 saturated carbocycles. The maximum Gasteiger partial charge on any atom is 0.319 e. The molecule has 6 rings (SSSR count). The number of benzene rings is 1. The SMILES string of the molecule is CCNC(O)N1CCC2(CCn3nc(C4(C)C=c5c(NC(=O)NC6CCCC6)cccc5=NC4)cc32)C1. The summed E-state index contributed by atoms with van der Waals surface area (Å²) in [4.78, 5) is 19.8. The maximum absolute atomic E-state index is 12.7. The first-order chi connectivity index (χ1) is 17.9. The van der Waals surface area contributed by atoms with E-state index in [4.69, 9.17) is 10.1 Å². The Labute approximate surface area is 218 Å². The number of likely N-dealkylation sites (tertiary alicyclic amines) is 1. The van der Waals surface area contributed by atoms with Gasteiger partial charge in [-0.2, -0.15) is 5.10 Å². The summed E-state index contributed by atoms with van der Waals surface area (Å²) < 4.78 is 2.17. The molecule has 4 N–H and O–H groups in total. The van der Waals surface area contributed by atoms with Crippen LogP contribution in [0.5, 0.6) is 0 Å². The van der Waals surface area contributed by atoms with Crippen LogP contribution in [0.2, 0.25) is 0 Å². The van der Waals surface area contributed by atoms with Gasteiger partial charge in [0.1, 0.15) is 0 Å². The van der Waals surface area contributed by atoms with Crippen molar-refractivity contribution >= 4 is 17.8 Å². The molecule has 1 aromatic heterocycles. The first kappa shape index (κ1) is 24.6. The van der Waals surface area contributed by atoms with Crippen LogP contribution in [0.15, 0.2) is 29.3 Å². The molecule has 1 aromatic carbocycles. The Morgan fingerprint density at radius 1 is 1.24 bits per heavy atom. The fourth-order valence-corrected chi connectivity index (χ4v) is 6.71. The van der Waals surface area contributed by atoms with Gasteiger partial charge in [-0.1, -0.05) is 31.9 Å². The van der Waals surface area contributed by atoms with E-state index in [0.29, 0.717) is 6.54 Å². The normalized spacial score (nSPS) is 28.0. The Morgan fingerprint density at radius 3 is 2.86 bits per heavy atom. The van der Waals surface area contributed by atoms with E-state index in [2.05, 4.69) is 44.6 Å². The summed E-state index contributed by atoms with van der Waals surface area (Å²) in [5.74, 6) is 0. The van der Waals surface area contributed by atoms with E-state index in [-0.39, 0.29) is 22.9 Å². The van der Waals surface area contributed by atoms with E-state index < -0.39 is 6.35 Å². The van der Waals surface area contributed by atoms with Crippen LogP contribution in [0.4, 0.5) is 10.5 Å². The summed E-state index contributed by atoms with van der Waals surface area (Å²) in [7, 11) is 0. The predicted octanol–water partition coefficient (Wildman–Crippen LogP) is 1.55. The van der Waals surface area contributed by atoms with Crippen molar-refractivity contribution in [1.82, 2.24) is 25.3 Å². The number of hydrogen-bond acceptors (Lipinski definition) is 6. The van der Waals surface area contributed by atoms with Gasteiger partial charge in [0, 0.05) is 42.0 Å². The van der Waals surface area contributed by atoms with Crippen LogP contribution < -0.4 is 26.5 Å². The van der Waals surface area contributed by atoms with Crippen LogP contribution in [-0.2, 0) is 17.4 Å². The number of aromatic nitrogens is 2. The third kappa shape index (κ3) is 4.47. The van der Waals surface area contributed by atoms with Crippen LogP contribution in [-0.4, -0.2) is 64.4 Å². The number of aryl methyl sites for hydroxylation is 1. The maximum atomic E-state index is 12.7. The Kier molecular flexibility index (Phi) is 6.33. The standard InChI is InChI=1S/C28H39N7O2/c1-3-29-26(37)34-13-11-28(18-34)12-14-35-24(28)15-23(33-35)27(2)16-20-21(30-17-27)9-6-10-22(20)32-25(36)31-19-7-4-5-8-19/h6,9-10,15-16,19,26,29,37H,3-5,7-8,11-14,17-18H2,1-2H3,(H2,31,32,36). The van der Waals surface area contributed by atoms with Gasteiger partial charge in [0.05, 0.1) is 28.7 Å². The molecule has 3 aliphatic heterocycles. The van der Waals surface area contributed by atoms with Crippen LogP contribution in [0.1, 0.15) is 63.8 Å². The number of aliphatic hydroxyl groups is 1. The summed E-state index contributed by atoms with van der Waals surface area (Å²) >= 11 is 0. The van der Waals surface area contributed by atoms with Gasteiger partial charge in [-0.15, -0.1) is 0 Å². The second-order valence-electron chi connectivity index (χ2n) is 11.5. The number of amides is 2. The molecule has 2 fully saturated rings. The highest BCUT2D eigenvalue weighted by molar-refractivity contribution is 5.89. The highest BCUT2D eigenvalue weighted by Gasteiger charge is 2.47. The lowest BCUT2D eigenvalue weighted by molar-refractivity contribution is -0.00921. The van der Waals surface area contributed by atoms with Crippen LogP contribution in [0.25, 0.3) is 6.08 Å². The summed E-state index contributed by atoms with van der Waals surface area (Å²) in [6.45, 7) is 8.17. The third-order valence-electron chi connectivity index (χ3n) is 8.89. The Balaban J connectivity index is 1.26. The highest BCUT2D eigenvalue weighted by Crippen LogP contribution is 2.44. The summed E-state index contributed by atoms with van der Waals surface area (Å²) in [6, 6.07) is 8.31. The van der Waals surface area contributed by atoms with Crippen molar-refractivity contribution in [2.24, 2.45) is 4.99 Å². The van der Waals surface area contributed by atoms with Gasteiger partial charge in [0.25, 0.3) is 0 Å². The summed E-state index contributed by atoms with van der Waals surface area (Å²) in [5.41, 5.74) is 2.75. The first-order valence-corrected chi connectivity index (χ1v) is 13.9. The fourth-order valence-electron chi connectivity index (χ4n) is 6.71. The molecule has 1 spiro atoms. The lowest BCUT2D eigenvalue weighted by atomic mass is 9.80. The van der Waals surface area contributed by atoms with E-state index in [1.54, 1.807) is 0 Å². The number of anilines is 1. The zero-order valence-electron chi connectivity index (χ0n) is 22.0. The number of carbonyl (C=O) groups excluding carboxylic acids is 1. The predicted molar refractivity (Wildman–Crippen MR) is 143 cm³/mol. The molecule has 3 atom stereocenters. The Hall–Kier alpha value is -2.75. The van der Waals surface area contributed by atoms with Gasteiger partial charge in [0.2, 0.25) is 0 Å². The van der Waals surface area contributed by atoms with Gasteiger partial charge in [0.15, 0.2) is 6.35 Å². The molecule has 198 valence electrons. The molecule has 9 nitrogen and oxygen atoms in total. The molecular formula is C28H39N7O2. The zero-order valence-corrected chi connectivity index (χ0v) is 22.0. The number of rotatable bonds is 6. The second-order valence-corrected chi connectivity index (χ2v) is 11.5. The quantitative estimate of drug-likeness (QED) is 0.446. The number of nitrogens with zero attached hydrogens (tertiary/aromatic N) is 4. The first-order valence-electron chi connectivity index (χ1n) is 13.9. The molecule has 1 saturated heterocycles. The molecule has 2 aromatic rings. The molecule has 2 amide bonds. The van der Waals surface area contributed by atoms with Crippen LogP contribution in [0, 0.1) is 0 Å². The molecular weight excluding hydrogens is 466 g/mol. The third-order valence-corrected chi connectivity index (χ3v) is 8.89. The largest absolute Gasteiger partial charge is 0.365 e. The second kappa shape index (κ2) is 9.53. The van der Waals surface area contributed by atoms with E-state index in [0.717, 1.165) is 73.8 Å². The lowest BCUT2D eigenvalue weighted by Gasteiger charge is -2.27. The molecule has 4 heterocycles. The van der Waals surface area contributed by atoms with Crippen LogP contribution >= 0.6 is 0 Å². The van der Waals surface area contributed by atoms with Gasteiger partial charge in [-0.05, 0) is 57.4 Å². The zero-order chi connectivity index (χ0) is 25.6. The molecule has 0 bridgehead atoms. The molecule has 9 heteroatoms. The number of aliphatic hydroxyl groups excluding tert-OH is 1. The summed E-state index contributed by atoms with van der Waals surface area (Å²) in [5, 5.41) is 26.8. The minimum absolute atomic E-state index is 0.0345. The average Bonchev–Trinajstić information content (AvgIpc) is 3.67. The van der Waals surface area contributed by atoms with Crippen molar-refractivity contribution in [1.29, 1.82) is 0 Å². The number of hydrogen-bond donors (Lipinski definition) is 4. The van der Waals surface area contributed by atoms with Crippen molar-refractivity contribution in [3.05, 3.63) is 46.2 Å². The molecule has 37 heavy (non-hydrogen) atoms. The lowest BCUT2D eigenvalue weighted by Crippen LogP contribution is -2.45. The van der Waals surface area contributed by atoms with E-state index in [9.17, 15) is 9.90 Å². The van der Waals surface area contributed by atoms with Crippen molar-refractivity contribution < 1.29 is 9.90 Å². The number of urea groups is 1. The summed E-state index contributed by atoms with van der Waals surface area (Å²) in [6.07, 6.45) is 8.19. The number of fused-ring (bicyclic) bond motifs is 3. The van der Waals surface area contributed by atoms with Gasteiger partial charge < -0.3 is 15.7 Å². The minimum atomic E-state index is -0.600. The minimum Gasteiger partial charge on any atom is -0.365 e.